The van der Waals surface area contributed by atoms with E-state index in [0.717, 1.165) is 10.9 Å². The monoisotopic (exact) mass is 405 g/mol. The highest BCUT2D eigenvalue weighted by Crippen LogP contribution is 2.35. The molecule has 0 atom stereocenters. The van der Waals surface area contributed by atoms with E-state index in [2.05, 4.69) is 0 Å². The minimum Gasteiger partial charge on any atom is -0.488 e. The van der Waals surface area contributed by atoms with E-state index in [1.807, 2.05) is 24.3 Å². The molecule has 4 aromatic rings. The van der Waals surface area contributed by atoms with Crippen LogP contribution in [0.2, 0.25) is 0 Å². The van der Waals surface area contributed by atoms with Crippen LogP contribution in [-0.2, 0) is 24.4 Å². The zero-order valence-electron chi connectivity index (χ0n) is 16.1. The number of hydrogen-bond donors (Lipinski definition) is 2. The Morgan fingerprint density at radius 1 is 1.07 bits per heavy atom. The summed E-state index contributed by atoms with van der Waals surface area (Å²) >= 11 is 0. The molecule has 30 heavy (non-hydrogen) atoms. The maximum absolute atomic E-state index is 15.5. The fourth-order valence-corrected chi connectivity index (χ4v) is 3.47. The minimum absolute atomic E-state index is 0.0484. The number of carbonyl (C=O) groups is 1. The Labute approximate surface area is 172 Å². The minimum atomic E-state index is -0.959. The smallest absolute Gasteiger partial charge is 0.307 e. The molecule has 5 nitrogen and oxygen atoms in total. The van der Waals surface area contributed by atoms with Crippen molar-refractivity contribution in [3.05, 3.63) is 89.4 Å². The molecular formula is C24H20FNO4. The predicted octanol–water partition coefficient (Wildman–Crippen LogP) is 4.90. The highest BCUT2D eigenvalue weighted by Gasteiger charge is 2.19. The fraction of sp³-hybridized carbons (Fsp3) is 0.125. The standard InChI is InChI=1S/C24H20FNO4/c25-23-19(14-30-20-7-2-1-5-16(20)12-21(27)28)11-18-8-9-29-24(18)22(23)17-6-3-4-15(10-17)13-26/h1-11H,12-14,26H2,(H,27,28). The summed E-state index contributed by atoms with van der Waals surface area (Å²) < 4.78 is 26.9. The van der Waals surface area contributed by atoms with E-state index in [4.69, 9.17) is 20.0 Å². The summed E-state index contributed by atoms with van der Waals surface area (Å²) in [5.74, 6) is -0.986. The third-order valence-corrected chi connectivity index (χ3v) is 4.90. The lowest BCUT2D eigenvalue weighted by Gasteiger charge is -2.14. The summed E-state index contributed by atoms with van der Waals surface area (Å²) in [5.41, 5.74) is 8.98. The number of ether oxygens (including phenoxy) is 1. The molecule has 0 aliphatic carbocycles. The van der Waals surface area contributed by atoms with Crippen LogP contribution in [0.5, 0.6) is 5.75 Å². The second-order valence-corrected chi connectivity index (χ2v) is 6.94. The first-order valence-corrected chi connectivity index (χ1v) is 9.47. The van der Waals surface area contributed by atoms with Crippen LogP contribution in [0.15, 0.2) is 71.3 Å². The van der Waals surface area contributed by atoms with Crippen LogP contribution >= 0.6 is 0 Å². The Morgan fingerprint density at radius 2 is 1.90 bits per heavy atom. The summed E-state index contributed by atoms with van der Waals surface area (Å²) in [6.07, 6.45) is 1.35. The van der Waals surface area contributed by atoms with Crippen LogP contribution in [0, 0.1) is 5.82 Å². The third-order valence-electron chi connectivity index (χ3n) is 4.90. The number of para-hydroxylation sites is 1. The first-order valence-electron chi connectivity index (χ1n) is 9.47. The summed E-state index contributed by atoms with van der Waals surface area (Å²) in [7, 11) is 0. The molecule has 6 heteroatoms. The number of carboxylic acids is 1. The van der Waals surface area contributed by atoms with Crippen molar-refractivity contribution in [3.8, 4) is 16.9 Å². The topological polar surface area (TPSA) is 85.7 Å². The molecule has 0 saturated heterocycles. The van der Waals surface area contributed by atoms with Gasteiger partial charge in [0.25, 0.3) is 0 Å². The number of halogens is 1. The summed E-state index contributed by atoms with van der Waals surface area (Å²) in [6, 6.07) is 17.7. The molecule has 0 amide bonds. The van der Waals surface area contributed by atoms with E-state index in [1.54, 1.807) is 36.4 Å². The Morgan fingerprint density at radius 3 is 2.70 bits per heavy atom. The Bertz CT molecular complexity index is 1220. The second-order valence-electron chi connectivity index (χ2n) is 6.94. The van der Waals surface area contributed by atoms with Crippen LogP contribution in [0.1, 0.15) is 16.7 Å². The van der Waals surface area contributed by atoms with E-state index >= 15 is 4.39 Å². The average molecular weight is 405 g/mol. The molecule has 0 unspecified atom stereocenters. The first-order chi connectivity index (χ1) is 14.6. The number of furan rings is 1. The van der Waals surface area contributed by atoms with Crippen LogP contribution in [0.25, 0.3) is 22.1 Å². The molecule has 0 bridgehead atoms. The zero-order chi connectivity index (χ0) is 21.1. The van der Waals surface area contributed by atoms with Crippen LogP contribution < -0.4 is 10.5 Å². The molecule has 152 valence electrons. The quantitative estimate of drug-likeness (QED) is 0.457. The van der Waals surface area contributed by atoms with Gasteiger partial charge >= 0.3 is 5.97 Å². The van der Waals surface area contributed by atoms with Crippen molar-refractivity contribution in [1.82, 2.24) is 0 Å². The second kappa shape index (κ2) is 8.39. The highest BCUT2D eigenvalue weighted by molar-refractivity contribution is 5.93. The van der Waals surface area contributed by atoms with Gasteiger partial charge in [-0.3, -0.25) is 4.79 Å². The molecular weight excluding hydrogens is 385 g/mol. The van der Waals surface area contributed by atoms with Gasteiger partial charge in [-0.2, -0.15) is 0 Å². The first kappa shape index (κ1) is 19.7. The van der Waals surface area contributed by atoms with Crippen molar-refractivity contribution < 1.29 is 23.4 Å². The lowest BCUT2D eigenvalue weighted by molar-refractivity contribution is -0.136. The maximum Gasteiger partial charge on any atom is 0.307 e. The van der Waals surface area contributed by atoms with Gasteiger partial charge in [0.15, 0.2) is 0 Å². The van der Waals surface area contributed by atoms with Crippen molar-refractivity contribution in [3.63, 3.8) is 0 Å². The van der Waals surface area contributed by atoms with Crippen LogP contribution in [-0.4, -0.2) is 11.1 Å². The zero-order valence-corrected chi connectivity index (χ0v) is 16.1. The number of nitrogens with two attached hydrogens (primary N) is 1. The van der Waals surface area contributed by atoms with Gasteiger partial charge in [0.05, 0.1) is 18.2 Å². The summed E-state index contributed by atoms with van der Waals surface area (Å²) in [6.45, 7) is 0.299. The number of benzene rings is 3. The number of hydrogen-bond acceptors (Lipinski definition) is 4. The molecule has 0 radical (unpaired) electrons. The molecule has 1 heterocycles. The number of fused-ring (bicyclic) bond motifs is 1. The molecule has 1 aromatic heterocycles. The van der Waals surface area contributed by atoms with Gasteiger partial charge in [-0.1, -0.05) is 36.4 Å². The third kappa shape index (κ3) is 3.90. The molecule has 3 aromatic carbocycles. The van der Waals surface area contributed by atoms with Gasteiger partial charge in [-0.05, 0) is 35.4 Å². The van der Waals surface area contributed by atoms with E-state index in [0.29, 0.717) is 40.1 Å². The van der Waals surface area contributed by atoms with E-state index in [1.165, 1.54) is 6.26 Å². The molecule has 3 N–H and O–H groups in total. The van der Waals surface area contributed by atoms with Gasteiger partial charge in [0, 0.05) is 23.1 Å². The average Bonchev–Trinajstić information content (AvgIpc) is 3.20. The number of aliphatic carboxylic acids is 1. The molecule has 4 rings (SSSR count). The SMILES string of the molecule is NCc1cccc(-c2c(F)c(COc3ccccc3CC(=O)O)cc3ccoc23)c1. The lowest BCUT2D eigenvalue weighted by Crippen LogP contribution is -2.05. The van der Waals surface area contributed by atoms with Gasteiger partial charge in [-0.25, -0.2) is 4.39 Å². The van der Waals surface area contributed by atoms with E-state index < -0.39 is 11.8 Å². The van der Waals surface area contributed by atoms with Gasteiger partial charge in [0.2, 0.25) is 0 Å². The van der Waals surface area contributed by atoms with Crippen molar-refractivity contribution in [1.29, 1.82) is 0 Å². The molecule has 0 aliphatic rings. The Hall–Kier alpha value is -3.64. The molecule has 0 fully saturated rings. The van der Waals surface area contributed by atoms with Crippen LogP contribution in [0.4, 0.5) is 4.39 Å². The summed E-state index contributed by atoms with van der Waals surface area (Å²) in [4.78, 5) is 11.1. The van der Waals surface area contributed by atoms with Crippen molar-refractivity contribution in [2.45, 2.75) is 19.6 Å². The maximum atomic E-state index is 15.5. The number of rotatable bonds is 7. The molecule has 0 spiro atoms. The van der Waals surface area contributed by atoms with E-state index in [9.17, 15) is 4.79 Å². The van der Waals surface area contributed by atoms with Gasteiger partial charge in [0.1, 0.15) is 23.8 Å². The highest BCUT2D eigenvalue weighted by atomic mass is 19.1. The number of carboxylic acid groups (broad SMARTS) is 1. The fourth-order valence-electron chi connectivity index (χ4n) is 3.47. The van der Waals surface area contributed by atoms with Crippen molar-refractivity contribution >= 4 is 16.9 Å². The van der Waals surface area contributed by atoms with Gasteiger partial charge < -0.3 is 20.0 Å². The summed E-state index contributed by atoms with van der Waals surface area (Å²) in [5, 5.41) is 9.84. The predicted molar refractivity (Wildman–Crippen MR) is 112 cm³/mol. The lowest BCUT2D eigenvalue weighted by atomic mass is 9.98. The molecule has 0 saturated carbocycles. The van der Waals surface area contributed by atoms with Crippen molar-refractivity contribution in [2.75, 3.05) is 0 Å². The normalized spacial score (nSPS) is 11.0. The van der Waals surface area contributed by atoms with Crippen LogP contribution in [0.3, 0.4) is 0 Å². The van der Waals surface area contributed by atoms with Crippen molar-refractivity contribution in [2.24, 2.45) is 5.73 Å². The van der Waals surface area contributed by atoms with E-state index in [-0.39, 0.29) is 13.0 Å². The largest absolute Gasteiger partial charge is 0.488 e. The Balaban J connectivity index is 1.73. The molecule has 0 aliphatic heterocycles. The van der Waals surface area contributed by atoms with Gasteiger partial charge in [-0.15, -0.1) is 0 Å². The Kier molecular flexibility index (Phi) is 5.50.